The smallest absolute Gasteiger partial charge is 0.216 e. The Hall–Kier alpha value is -1.54. The number of rotatable bonds is 5. The topological polar surface area (TPSA) is 58.2 Å². The van der Waals surface area contributed by atoms with Gasteiger partial charge in [-0.3, -0.25) is 0 Å². The molecule has 2 N–H and O–H groups in total. The van der Waals surface area contributed by atoms with E-state index in [-0.39, 0.29) is 24.1 Å². The van der Waals surface area contributed by atoms with Gasteiger partial charge in [-0.1, -0.05) is 36.4 Å². The highest BCUT2D eigenvalue weighted by Crippen LogP contribution is 2.27. The maximum absolute atomic E-state index is 13.6. The molecule has 1 aliphatic heterocycles. The van der Waals surface area contributed by atoms with Crippen molar-refractivity contribution in [2.24, 2.45) is 0 Å². The van der Waals surface area contributed by atoms with Gasteiger partial charge in [0.2, 0.25) is 10.0 Å². The van der Waals surface area contributed by atoms with Crippen LogP contribution in [-0.2, 0) is 15.8 Å². The molecule has 0 spiro atoms. The Bertz CT molecular complexity index is 834. The zero-order valence-corrected chi connectivity index (χ0v) is 15.6. The van der Waals surface area contributed by atoms with Gasteiger partial charge in [-0.25, -0.2) is 21.9 Å². The summed E-state index contributed by atoms with van der Waals surface area (Å²) in [6.45, 7) is 1.14. The van der Waals surface area contributed by atoms with E-state index >= 15 is 0 Å². The molecular weight excluding hydrogens is 382 g/mol. The van der Waals surface area contributed by atoms with Crippen LogP contribution >= 0.6 is 12.4 Å². The quantitative estimate of drug-likeness (QED) is 0.808. The monoisotopic (exact) mass is 402 g/mol. The summed E-state index contributed by atoms with van der Waals surface area (Å²) in [4.78, 5) is 0. The van der Waals surface area contributed by atoms with Crippen molar-refractivity contribution in [3.63, 3.8) is 0 Å². The fourth-order valence-electron chi connectivity index (χ4n) is 3.19. The van der Waals surface area contributed by atoms with E-state index in [9.17, 15) is 17.2 Å². The summed E-state index contributed by atoms with van der Waals surface area (Å²) in [6.07, 6.45) is 0.642. The lowest BCUT2D eigenvalue weighted by molar-refractivity contribution is 0.376. The Morgan fingerprint density at radius 3 is 2.50 bits per heavy atom. The SMILES string of the molecule is Cl.O=S(=O)(Cc1ccccc1)NC1CNCCC1c1ccc(F)c(F)c1. The molecule has 2 unspecified atom stereocenters. The molecule has 1 heterocycles. The second-order valence-corrected chi connectivity index (χ2v) is 8.00. The summed E-state index contributed by atoms with van der Waals surface area (Å²) in [5.41, 5.74) is 1.30. The summed E-state index contributed by atoms with van der Waals surface area (Å²) in [5.74, 6) is -2.14. The first kappa shape index (κ1) is 20.8. The number of hydrogen-bond donors (Lipinski definition) is 2. The van der Waals surface area contributed by atoms with Gasteiger partial charge in [0.05, 0.1) is 5.75 Å². The van der Waals surface area contributed by atoms with Gasteiger partial charge < -0.3 is 5.32 Å². The van der Waals surface area contributed by atoms with Crippen molar-refractivity contribution in [3.05, 3.63) is 71.3 Å². The second-order valence-electron chi connectivity index (χ2n) is 6.24. The van der Waals surface area contributed by atoms with E-state index in [1.165, 1.54) is 6.07 Å². The normalized spacial score (nSPS) is 20.4. The Morgan fingerprint density at radius 1 is 1.08 bits per heavy atom. The molecule has 4 nitrogen and oxygen atoms in total. The van der Waals surface area contributed by atoms with Gasteiger partial charge in [0.1, 0.15) is 0 Å². The number of benzene rings is 2. The Kier molecular flexibility index (Phi) is 7.11. The second kappa shape index (κ2) is 8.90. The first-order chi connectivity index (χ1) is 11.9. The van der Waals surface area contributed by atoms with Crippen molar-refractivity contribution >= 4 is 22.4 Å². The summed E-state index contributed by atoms with van der Waals surface area (Å²) in [7, 11) is -3.55. The Balaban J connectivity index is 0.00000243. The van der Waals surface area contributed by atoms with Crippen LogP contribution in [-0.4, -0.2) is 27.5 Å². The molecule has 142 valence electrons. The molecule has 0 saturated carbocycles. The van der Waals surface area contributed by atoms with Crippen LogP contribution in [0.5, 0.6) is 0 Å². The van der Waals surface area contributed by atoms with E-state index in [1.54, 1.807) is 24.3 Å². The molecule has 0 aliphatic carbocycles. The van der Waals surface area contributed by atoms with E-state index in [0.29, 0.717) is 30.6 Å². The van der Waals surface area contributed by atoms with Crippen molar-refractivity contribution in [3.8, 4) is 0 Å². The minimum atomic E-state index is -3.55. The molecule has 1 fully saturated rings. The number of piperidine rings is 1. The average Bonchev–Trinajstić information content (AvgIpc) is 2.58. The van der Waals surface area contributed by atoms with Gasteiger partial charge in [-0.2, -0.15) is 0 Å². The Labute approximate surface area is 158 Å². The molecule has 2 aromatic rings. The molecule has 26 heavy (non-hydrogen) atoms. The lowest BCUT2D eigenvalue weighted by Crippen LogP contribution is -2.50. The molecule has 1 aliphatic rings. The first-order valence-electron chi connectivity index (χ1n) is 8.14. The van der Waals surface area contributed by atoms with E-state index in [1.807, 2.05) is 6.07 Å². The van der Waals surface area contributed by atoms with Crippen molar-refractivity contribution in [1.29, 1.82) is 0 Å². The third-order valence-corrected chi connectivity index (χ3v) is 5.76. The number of sulfonamides is 1. The van der Waals surface area contributed by atoms with Crippen LogP contribution in [0.4, 0.5) is 8.78 Å². The molecule has 8 heteroatoms. The van der Waals surface area contributed by atoms with E-state index in [0.717, 1.165) is 12.1 Å². The van der Waals surface area contributed by atoms with Crippen LogP contribution in [0.25, 0.3) is 0 Å². The molecule has 0 radical (unpaired) electrons. The van der Waals surface area contributed by atoms with Crippen molar-refractivity contribution in [2.75, 3.05) is 13.1 Å². The fourth-order valence-corrected chi connectivity index (χ4v) is 4.61. The van der Waals surface area contributed by atoms with Gasteiger partial charge in [0, 0.05) is 18.5 Å². The zero-order chi connectivity index (χ0) is 17.9. The Morgan fingerprint density at radius 2 is 1.81 bits per heavy atom. The third-order valence-electron chi connectivity index (χ3n) is 4.38. The average molecular weight is 403 g/mol. The molecule has 0 aromatic heterocycles. The summed E-state index contributed by atoms with van der Waals surface area (Å²) in [5, 5.41) is 3.15. The minimum absolute atomic E-state index is 0. The predicted octanol–water partition coefficient (Wildman–Crippen LogP) is 2.95. The van der Waals surface area contributed by atoms with Crippen molar-refractivity contribution < 1.29 is 17.2 Å². The summed E-state index contributed by atoms with van der Waals surface area (Å²) in [6, 6.07) is 12.3. The molecule has 0 amide bonds. The zero-order valence-electron chi connectivity index (χ0n) is 14.0. The highest BCUT2D eigenvalue weighted by Gasteiger charge is 2.30. The van der Waals surface area contributed by atoms with Crippen LogP contribution in [0, 0.1) is 11.6 Å². The van der Waals surface area contributed by atoms with E-state index < -0.39 is 27.7 Å². The van der Waals surface area contributed by atoms with Gasteiger partial charge in [-0.05, 0) is 36.2 Å². The predicted molar refractivity (Wildman–Crippen MR) is 99.8 cm³/mol. The molecule has 2 aromatic carbocycles. The highest BCUT2D eigenvalue weighted by molar-refractivity contribution is 7.88. The largest absolute Gasteiger partial charge is 0.315 e. The van der Waals surface area contributed by atoms with Gasteiger partial charge in [0.15, 0.2) is 11.6 Å². The van der Waals surface area contributed by atoms with Gasteiger partial charge >= 0.3 is 0 Å². The number of nitrogens with one attached hydrogen (secondary N) is 2. The lowest BCUT2D eigenvalue weighted by atomic mass is 9.86. The van der Waals surface area contributed by atoms with Crippen molar-refractivity contribution in [2.45, 2.75) is 24.1 Å². The van der Waals surface area contributed by atoms with E-state index in [4.69, 9.17) is 0 Å². The van der Waals surface area contributed by atoms with Crippen LogP contribution in [0.15, 0.2) is 48.5 Å². The molecule has 2 atom stereocenters. The third kappa shape index (κ3) is 5.23. The van der Waals surface area contributed by atoms with Crippen LogP contribution in [0.3, 0.4) is 0 Å². The van der Waals surface area contributed by atoms with Gasteiger partial charge in [-0.15, -0.1) is 12.4 Å². The molecular formula is C18H21ClF2N2O2S. The molecule has 3 rings (SSSR count). The lowest BCUT2D eigenvalue weighted by Gasteiger charge is -2.33. The molecule has 1 saturated heterocycles. The fraction of sp³-hybridized carbons (Fsp3) is 0.333. The van der Waals surface area contributed by atoms with E-state index in [2.05, 4.69) is 10.0 Å². The summed E-state index contributed by atoms with van der Waals surface area (Å²) >= 11 is 0. The number of halogens is 3. The van der Waals surface area contributed by atoms with Crippen LogP contribution in [0.1, 0.15) is 23.5 Å². The summed E-state index contributed by atoms with van der Waals surface area (Å²) < 4.78 is 54.4. The minimum Gasteiger partial charge on any atom is -0.315 e. The maximum Gasteiger partial charge on any atom is 0.216 e. The standard InChI is InChI=1S/C18H20F2N2O2S.ClH/c19-16-7-6-14(10-17(16)20)15-8-9-21-11-18(15)22-25(23,24)12-13-4-2-1-3-5-13;/h1-7,10,15,18,21-22H,8-9,11-12H2;1H. The highest BCUT2D eigenvalue weighted by atomic mass is 35.5. The molecule has 0 bridgehead atoms. The first-order valence-corrected chi connectivity index (χ1v) is 9.79. The number of hydrogen-bond acceptors (Lipinski definition) is 3. The van der Waals surface area contributed by atoms with Crippen LogP contribution in [0.2, 0.25) is 0 Å². The van der Waals surface area contributed by atoms with Crippen LogP contribution < -0.4 is 10.0 Å². The van der Waals surface area contributed by atoms with Crippen molar-refractivity contribution in [1.82, 2.24) is 10.0 Å². The maximum atomic E-state index is 13.6. The van der Waals surface area contributed by atoms with Gasteiger partial charge in [0.25, 0.3) is 0 Å².